The average Bonchev–Trinajstić information content (AvgIpc) is 3.36. The van der Waals surface area contributed by atoms with Gasteiger partial charge in [-0.3, -0.25) is 9.69 Å². The zero-order chi connectivity index (χ0) is 23.9. The van der Waals surface area contributed by atoms with Crippen LogP contribution in [0.1, 0.15) is 24.3 Å². The molecule has 3 aromatic rings. The first kappa shape index (κ1) is 23.6. The lowest BCUT2D eigenvalue weighted by Gasteiger charge is -2.30. The zero-order valence-electron chi connectivity index (χ0n) is 19.7. The number of nitrogens with zero attached hydrogens (tertiary/aromatic N) is 3. The van der Waals surface area contributed by atoms with Crippen LogP contribution in [0.15, 0.2) is 47.0 Å². The van der Waals surface area contributed by atoms with Gasteiger partial charge in [-0.1, -0.05) is 35.5 Å². The molecule has 0 aliphatic carbocycles. The van der Waals surface area contributed by atoms with Crippen LogP contribution in [-0.2, 0) is 17.9 Å². The third-order valence-corrected chi connectivity index (χ3v) is 6.01. The fourth-order valence-corrected chi connectivity index (χ4v) is 4.14. The molecular formula is C25H30N4O5. The van der Waals surface area contributed by atoms with Crippen molar-refractivity contribution in [2.75, 3.05) is 34.4 Å². The van der Waals surface area contributed by atoms with Crippen LogP contribution in [-0.4, -0.2) is 55.4 Å². The molecule has 34 heavy (non-hydrogen) atoms. The SMILES string of the molecule is COc1cc(CNC(=O)C2CCN(Cc3nc(-c4ccccc4)no3)CC2)cc(OC)c1OC. The molecule has 0 unspecified atom stereocenters. The Labute approximate surface area is 199 Å². The summed E-state index contributed by atoms with van der Waals surface area (Å²) in [5.74, 6) is 2.87. The number of hydrogen-bond donors (Lipinski definition) is 1. The predicted octanol–water partition coefficient (Wildman–Crippen LogP) is 3.29. The maximum absolute atomic E-state index is 12.8. The molecule has 0 saturated carbocycles. The van der Waals surface area contributed by atoms with E-state index >= 15 is 0 Å². The minimum absolute atomic E-state index is 0.0270. The zero-order valence-corrected chi connectivity index (χ0v) is 19.7. The van der Waals surface area contributed by atoms with E-state index in [4.69, 9.17) is 18.7 Å². The predicted molar refractivity (Wildman–Crippen MR) is 126 cm³/mol. The lowest BCUT2D eigenvalue weighted by Crippen LogP contribution is -2.40. The Balaban J connectivity index is 1.27. The maximum Gasteiger partial charge on any atom is 0.241 e. The Morgan fingerprint density at radius 2 is 1.74 bits per heavy atom. The molecule has 1 aromatic heterocycles. The molecular weight excluding hydrogens is 436 g/mol. The number of carbonyl (C=O) groups excluding carboxylic acids is 1. The van der Waals surface area contributed by atoms with E-state index < -0.39 is 0 Å². The Bertz CT molecular complexity index is 1070. The largest absolute Gasteiger partial charge is 0.493 e. The van der Waals surface area contributed by atoms with Crippen molar-refractivity contribution in [1.82, 2.24) is 20.4 Å². The molecule has 9 heteroatoms. The second-order valence-corrected chi connectivity index (χ2v) is 8.18. The summed E-state index contributed by atoms with van der Waals surface area (Å²) in [5.41, 5.74) is 1.81. The van der Waals surface area contributed by atoms with Gasteiger partial charge < -0.3 is 24.1 Å². The number of hydrogen-bond acceptors (Lipinski definition) is 8. The van der Waals surface area contributed by atoms with Crippen molar-refractivity contribution in [2.24, 2.45) is 5.92 Å². The van der Waals surface area contributed by atoms with Crippen LogP contribution in [0.4, 0.5) is 0 Å². The van der Waals surface area contributed by atoms with E-state index in [1.165, 1.54) is 0 Å². The molecule has 1 fully saturated rings. The molecule has 0 spiro atoms. The Kier molecular flexibility index (Phi) is 7.64. The van der Waals surface area contributed by atoms with Crippen LogP contribution in [0.3, 0.4) is 0 Å². The third kappa shape index (κ3) is 5.48. The van der Waals surface area contributed by atoms with Crippen LogP contribution in [0, 0.1) is 5.92 Å². The summed E-state index contributed by atoms with van der Waals surface area (Å²) in [6.45, 7) is 2.57. The van der Waals surface area contributed by atoms with Gasteiger partial charge in [0.2, 0.25) is 23.4 Å². The molecule has 1 N–H and O–H groups in total. The van der Waals surface area contributed by atoms with Crippen LogP contribution >= 0.6 is 0 Å². The standard InChI is InChI=1S/C25H30N4O5/c1-31-20-13-17(14-21(32-2)23(20)33-3)15-26-25(30)19-9-11-29(12-10-19)16-22-27-24(28-34-22)18-7-5-4-6-8-18/h4-8,13-14,19H,9-12,15-16H2,1-3H3,(H,26,30). The maximum atomic E-state index is 12.8. The Morgan fingerprint density at radius 3 is 2.35 bits per heavy atom. The molecule has 1 aliphatic heterocycles. The Morgan fingerprint density at radius 1 is 1.06 bits per heavy atom. The smallest absolute Gasteiger partial charge is 0.241 e. The molecule has 4 rings (SSSR count). The van der Waals surface area contributed by atoms with Crippen molar-refractivity contribution in [2.45, 2.75) is 25.9 Å². The summed E-state index contributed by atoms with van der Waals surface area (Å²) in [7, 11) is 4.71. The van der Waals surface area contributed by atoms with E-state index in [-0.39, 0.29) is 11.8 Å². The number of benzene rings is 2. The first-order chi connectivity index (χ1) is 16.6. The molecule has 180 valence electrons. The lowest BCUT2D eigenvalue weighted by atomic mass is 9.96. The van der Waals surface area contributed by atoms with Gasteiger partial charge in [0.1, 0.15) is 0 Å². The summed E-state index contributed by atoms with van der Waals surface area (Å²) >= 11 is 0. The van der Waals surface area contributed by atoms with Crippen LogP contribution in [0.5, 0.6) is 17.2 Å². The van der Waals surface area contributed by atoms with E-state index in [1.807, 2.05) is 42.5 Å². The minimum atomic E-state index is -0.0270. The normalized spacial score (nSPS) is 14.6. The molecule has 0 radical (unpaired) electrons. The molecule has 1 aliphatic rings. The number of carbonyl (C=O) groups is 1. The molecule has 9 nitrogen and oxygen atoms in total. The van der Waals surface area contributed by atoms with Gasteiger partial charge in [0, 0.05) is 18.0 Å². The highest BCUT2D eigenvalue weighted by Gasteiger charge is 2.26. The van der Waals surface area contributed by atoms with Crippen molar-refractivity contribution < 1.29 is 23.5 Å². The number of methoxy groups -OCH3 is 3. The summed E-state index contributed by atoms with van der Waals surface area (Å²) in [5, 5.41) is 7.13. The second-order valence-electron chi connectivity index (χ2n) is 8.18. The molecule has 1 amide bonds. The van der Waals surface area contributed by atoms with Crippen molar-refractivity contribution in [3.63, 3.8) is 0 Å². The van der Waals surface area contributed by atoms with Crippen LogP contribution in [0.2, 0.25) is 0 Å². The third-order valence-electron chi connectivity index (χ3n) is 6.01. The fraction of sp³-hybridized carbons (Fsp3) is 0.400. The number of nitrogens with one attached hydrogen (secondary N) is 1. The number of aromatic nitrogens is 2. The van der Waals surface area contributed by atoms with Crippen LogP contribution < -0.4 is 19.5 Å². The summed E-state index contributed by atoms with van der Waals surface area (Å²) in [6.07, 6.45) is 1.56. The number of piperidine rings is 1. The number of amides is 1. The second kappa shape index (κ2) is 11.0. The van der Waals surface area contributed by atoms with Gasteiger partial charge in [-0.05, 0) is 43.6 Å². The summed E-state index contributed by atoms with van der Waals surface area (Å²) < 4.78 is 21.6. The van der Waals surface area contributed by atoms with E-state index in [2.05, 4.69) is 20.4 Å². The van der Waals surface area contributed by atoms with Gasteiger partial charge >= 0.3 is 0 Å². The van der Waals surface area contributed by atoms with Gasteiger partial charge in [-0.25, -0.2) is 0 Å². The fourth-order valence-electron chi connectivity index (χ4n) is 4.14. The molecule has 0 bridgehead atoms. The van der Waals surface area contributed by atoms with Gasteiger partial charge in [-0.15, -0.1) is 0 Å². The minimum Gasteiger partial charge on any atom is -0.493 e. The van der Waals surface area contributed by atoms with E-state index in [0.29, 0.717) is 42.1 Å². The molecule has 1 saturated heterocycles. The lowest BCUT2D eigenvalue weighted by molar-refractivity contribution is -0.126. The van der Waals surface area contributed by atoms with Gasteiger partial charge in [0.05, 0.1) is 27.9 Å². The topological polar surface area (TPSA) is 99.0 Å². The molecule has 2 heterocycles. The van der Waals surface area contributed by atoms with Gasteiger partial charge in [0.25, 0.3) is 0 Å². The van der Waals surface area contributed by atoms with E-state index in [0.717, 1.165) is 37.1 Å². The molecule has 0 atom stereocenters. The number of rotatable bonds is 9. The quantitative estimate of drug-likeness (QED) is 0.513. The first-order valence-corrected chi connectivity index (χ1v) is 11.3. The monoisotopic (exact) mass is 466 g/mol. The van der Waals surface area contributed by atoms with Crippen molar-refractivity contribution in [3.8, 4) is 28.6 Å². The highest BCUT2D eigenvalue weighted by atomic mass is 16.5. The van der Waals surface area contributed by atoms with Crippen molar-refractivity contribution in [1.29, 1.82) is 0 Å². The summed E-state index contributed by atoms with van der Waals surface area (Å²) in [4.78, 5) is 19.5. The molecule has 2 aromatic carbocycles. The number of likely N-dealkylation sites (tertiary alicyclic amines) is 1. The van der Waals surface area contributed by atoms with Gasteiger partial charge in [-0.2, -0.15) is 4.98 Å². The van der Waals surface area contributed by atoms with Crippen molar-refractivity contribution >= 4 is 5.91 Å². The van der Waals surface area contributed by atoms with Crippen LogP contribution in [0.25, 0.3) is 11.4 Å². The van der Waals surface area contributed by atoms with E-state index in [1.54, 1.807) is 21.3 Å². The highest BCUT2D eigenvalue weighted by Crippen LogP contribution is 2.38. The van der Waals surface area contributed by atoms with Crippen molar-refractivity contribution in [3.05, 3.63) is 53.9 Å². The van der Waals surface area contributed by atoms with Gasteiger partial charge in [0.15, 0.2) is 11.5 Å². The van der Waals surface area contributed by atoms with E-state index in [9.17, 15) is 4.79 Å². The highest BCUT2D eigenvalue weighted by molar-refractivity contribution is 5.78. The average molecular weight is 467 g/mol. The Hall–Kier alpha value is -3.59. The first-order valence-electron chi connectivity index (χ1n) is 11.3. The summed E-state index contributed by atoms with van der Waals surface area (Å²) in [6, 6.07) is 13.4. The number of ether oxygens (including phenoxy) is 3.